The number of carbonyl (C=O) groups is 1. The standard InChI is InChI=1S/C12H12ClN5OS/c1-2-7-14-11(19)8-20-12-15-16-17-18(12)10-5-3-9(13)4-6-10/h2-6H,1,7-8H2,(H,14,19). The van der Waals surface area contributed by atoms with E-state index in [1.54, 1.807) is 35.0 Å². The normalized spacial score (nSPS) is 10.2. The summed E-state index contributed by atoms with van der Waals surface area (Å²) in [5, 5.41) is 15.3. The lowest BCUT2D eigenvalue weighted by Crippen LogP contribution is -2.25. The van der Waals surface area contributed by atoms with Gasteiger partial charge in [-0.25, -0.2) is 0 Å². The minimum atomic E-state index is -0.0967. The monoisotopic (exact) mass is 309 g/mol. The minimum absolute atomic E-state index is 0.0967. The van der Waals surface area contributed by atoms with Crippen molar-refractivity contribution in [3.8, 4) is 5.69 Å². The van der Waals surface area contributed by atoms with Crippen molar-refractivity contribution in [2.24, 2.45) is 0 Å². The van der Waals surface area contributed by atoms with E-state index in [2.05, 4.69) is 27.4 Å². The van der Waals surface area contributed by atoms with Crippen LogP contribution >= 0.6 is 23.4 Å². The number of rotatable bonds is 6. The number of aromatic nitrogens is 4. The van der Waals surface area contributed by atoms with Crippen molar-refractivity contribution in [3.05, 3.63) is 41.9 Å². The molecule has 0 aliphatic heterocycles. The zero-order valence-electron chi connectivity index (χ0n) is 10.5. The van der Waals surface area contributed by atoms with Crippen molar-refractivity contribution < 1.29 is 4.79 Å². The van der Waals surface area contributed by atoms with Gasteiger partial charge in [-0.1, -0.05) is 29.4 Å². The Morgan fingerprint density at radius 3 is 2.90 bits per heavy atom. The van der Waals surface area contributed by atoms with Crippen LogP contribution in [0.4, 0.5) is 0 Å². The van der Waals surface area contributed by atoms with E-state index < -0.39 is 0 Å². The average molecular weight is 310 g/mol. The molecule has 2 aromatic rings. The van der Waals surface area contributed by atoms with E-state index >= 15 is 0 Å². The highest BCUT2D eigenvalue weighted by Gasteiger charge is 2.11. The molecule has 6 nitrogen and oxygen atoms in total. The Morgan fingerprint density at radius 2 is 2.20 bits per heavy atom. The number of hydrogen-bond donors (Lipinski definition) is 1. The highest BCUT2D eigenvalue weighted by Crippen LogP contribution is 2.19. The van der Waals surface area contributed by atoms with Crippen LogP contribution in [0.15, 0.2) is 42.1 Å². The van der Waals surface area contributed by atoms with Crippen molar-refractivity contribution in [2.45, 2.75) is 5.16 Å². The fraction of sp³-hybridized carbons (Fsp3) is 0.167. The third-order valence-electron chi connectivity index (χ3n) is 2.29. The molecule has 0 aliphatic rings. The van der Waals surface area contributed by atoms with Crippen LogP contribution in [0.25, 0.3) is 5.69 Å². The van der Waals surface area contributed by atoms with Crippen LogP contribution in [-0.4, -0.2) is 38.4 Å². The van der Waals surface area contributed by atoms with Crippen molar-refractivity contribution in [3.63, 3.8) is 0 Å². The molecule has 104 valence electrons. The smallest absolute Gasteiger partial charge is 0.230 e. The molecule has 8 heteroatoms. The van der Waals surface area contributed by atoms with Gasteiger partial charge in [0.15, 0.2) is 0 Å². The van der Waals surface area contributed by atoms with E-state index in [-0.39, 0.29) is 11.7 Å². The molecule has 0 atom stereocenters. The van der Waals surface area contributed by atoms with Gasteiger partial charge in [-0.3, -0.25) is 4.79 Å². The molecule has 20 heavy (non-hydrogen) atoms. The molecule has 0 radical (unpaired) electrons. The number of amides is 1. The summed E-state index contributed by atoms with van der Waals surface area (Å²) in [5.41, 5.74) is 0.786. The van der Waals surface area contributed by atoms with Crippen LogP contribution in [0.5, 0.6) is 0 Å². The summed E-state index contributed by atoms with van der Waals surface area (Å²) in [6.45, 7) is 3.98. The second-order valence-corrected chi connectivity index (χ2v) is 5.11. The number of halogens is 1. The molecule has 2 rings (SSSR count). The summed E-state index contributed by atoms with van der Waals surface area (Å²) in [7, 11) is 0. The topological polar surface area (TPSA) is 72.7 Å². The second-order valence-electron chi connectivity index (χ2n) is 3.73. The van der Waals surface area contributed by atoms with Gasteiger partial charge in [0.05, 0.1) is 11.4 Å². The van der Waals surface area contributed by atoms with Gasteiger partial charge < -0.3 is 5.32 Å². The Bertz CT molecular complexity index is 598. The molecule has 0 fully saturated rings. The first-order chi connectivity index (χ1) is 9.70. The van der Waals surface area contributed by atoms with Gasteiger partial charge >= 0.3 is 0 Å². The van der Waals surface area contributed by atoms with Gasteiger partial charge in [-0.2, -0.15) is 4.68 Å². The quantitative estimate of drug-likeness (QED) is 0.649. The van der Waals surface area contributed by atoms with Crippen LogP contribution in [0.1, 0.15) is 0 Å². The van der Waals surface area contributed by atoms with Crippen molar-refractivity contribution in [2.75, 3.05) is 12.3 Å². The van der Waals surface area contributed by atoms with Gasteiger partial charge in [0.2, 0.25) is 11.1 Å². The maximum atomic E-state index is 11.5. The molecule has 1 amide bonds. The fourth-order valence-electron chi connectivity index (χ4n) is 1.38. The van der Waals surface area contributed by atoms with Crippen LogP contribution in [0.2, 0.25) is 5.02 Å². The molecule has 1 aromatic heterocycles. The first-order valence-electron chi connectivity index (χ1n) is 5.75. The molecule has 0 saturated carbocycles. The van der Waals surface area contributed by atoms with Crippen LogP contribution < -0.4 is 5.32 Å². The summed E-state index contributed by atoms with van der Waals surface area (Å²) in [4.78, 5) is 11.5. The maximum absolute atomic E-state index is 11.5. The van der Waals surface area contributed by atoms with Gasteiger partial charge in [0, 0.05) is 11.6 Å². The predicted molar refractivity (Wildman–Crippen MR) is 78.1 cm³/mol. The van der Waals surface area contributed by atoms with E-state index in [0.717, 1.165) is 5.69 Å². The molecule has 1 heterocycles. The number of tetrazole rings is 1. The summed E-state index contributed by atoms with van der Waals surface area (Å²) in [6, 6.07) is 7.12. The molecular weight excluding hydrogens is 298 g/mol. The first kappa shape index (κ1) is 14.5. The number of nitrogens with zero attached hydrogens (tertiary/aromatic N) is 4. The fourth-order valence-corrected chi connectivity index (χ4v) is 2.23. The lowest BCUT2D eigenvalue weighted by atomic mass is 10.3. The average Bonchev–Trinajstić information content (AvgIpc) is 2.92. The maximum Gasteiger partial charge on any atom is 0.230 e. The van der Waals surface area contributed by atoms with Crippen LogP contribution in [0, 0.1) is 0 Å². The molecule has 0 unspecified atom stereocenters. The van der Waals surface area contributed by atoms with Gasteiger partial charge in [-0.15, -0.1) is 11.7 Å². The number of thioether (sulfide) groups is 1. The number of hydrogen-bond acceptors (Lipinski definition) is 5. The zero-order chi connectivity index (χ0) is 14.4. The number of benzene rings is 1. The van der Waals surface area contributed by atoms with E-state index in [1.807, 2.05) is 0 Å². The Balaban J connectivity index is 2.03. The Kier molecular flexibility index (Phi) is 5.14. The van der Waals surface area contributed by atoms with Crippen LogP contribution in [-0.2, 0) is 4.79 Å². The Hall–Kier alpha value is -1.86. The van der Waals surface area contributed by atoms with E-state index in [9.17, 15) is 4.79 Å². The van der Waals surface area contributed by atoms with Crippen molar-refractivity contribution >= 4 is 29.3 Å². The summed E-state index contributed by atoms with van der Waals surface area (Å²) in [5.74, 6) is 0.141. The Morgan fingerprint density at radius 1 is 1.45 bits per heavy atom. The zero-order valence-corrected chi connectivity index (χ0v) is 12.1. The van der Waals surface area contributed by atoms with E-state index in [4.69, 9.17) is 11.6 Å². The molecular formula is C12H12ClN5OS. The predicted octanol–water partition coefficient (Wildman–Crippen LogP) is 1.71. The number of carbonyl (C=O) groups excluding carboxylic acids is 1. The molecule has 1 aromatic carbocycles. The van der Waals surface area contributed by atoms with Crippen molar-refractivity contribution in [1.82, 2.24) is 25.5 Å². The van der Waals surface area contributed by atoms with Crippen molar-refractivity contribution in [1.29, 1.82) is 0 Å². The van der Waals surface area contributed by atoms with E-state index in [0.29, 0.717) is 16.7 Å². The third-order valence-corrected chi connectivity index (χ3v) is 3.46. The molecule has 0 saturated heterocycles. The highest BCUT2D eigenvalue weighted by atomic mass is 35.5. The van der Waals surface area contributed by atoms with Crippen LogP contribution in [0.3, 0.4) is 0 Å². The number of nitrogens with one attached hydrogen (secondary N) is 1. The molecule has 0 spiro atoms. The van der Waals surface area contributed by atoms with Gasteiger partial charge in [-0.05, 0) is 34.7 Å². The minimum Gasteiger partial charge on any atom is -0.352 e. The largest absolute Gasteiger partial charge is 0.352 e. The highest BCUT2D eigenvalue weighted by molar-refractivity contribution is 7.99. The summed E-state index contributed by atoms with van der Waals surface area (Å²) >= 11 is 7.10. The second kappa shape index (κ2) is 7.06. The first-order valence-corrected chi connectivity index (χ1v) is 7.12. The SMILES string of the molecule is C=CCNC(=O)CSc1nnnn1-c1ccc(Cl)cc1. The Labute approximate surface area is 125 Å². The van der Waals surface area contributed by atoms with E-state index in [1.165, 1.54) is 11.8 Å². The summed E-state index contributed by atoms with van der Waals surface area (Å²) < 4.78 is 1.56. The molecule has 0 aliphatic carbocycles. The van der Waals surface area contributed by atoms with Gasteiger partial charge in [0.1, 0.15) is 0 Å². The lowest BCUT2D eigenvalue weighted by molar-refractivity contribution is -0.118. The molecule has 1 N–H and O–H groups in total. The molecule has 0 bridgehead atoms. The lowest BCUT2D eigenvalue weighted by Gasteiger charge is -2.04. The summed E-state index contributed by atoms with van der Waals surface area (Å²) in [6.07, 6.45) is 1.63. The van der Waals surface area contributed by atoms with Gasteiger partial charge in [0.25, 0.3) is 0 Å². The third kappa shape index (κ3) is 3.82.